The van der Waals surface area contributed by atoms with Crippen LogP contribution in [0.5, 0.6) is 0 Å². The fraction of sp³-hybridized carbons (Fsp3) is 0.316. The number of carbonyl (C=O) groups excluding carboxylic acids is 1. The van der Waals surface area contributed by atoms with Crippen LogP contribution in [-0.2, 0) is 4.79 Å². The molecule has 0 aliphatic rings. The van der Waals surface area contributed by atoms with Crippen LogP contribution in [0.3, 0.4) is 0 Å². The fourth-order valence-corrected chi connectivity index (χ4v) is 4.61. The summed E-state index contributed by atoms with van der Waals surface area (Å²) < 4.78 is 0. The number of thiophene rings is 1. The summed E-state index contributed by atoms with van der Waals surface area (Å²) >= 11 is 3.13. The lowest BCUT2D eigenvalue weighted by atomic mass is 10.0. The van der Waals surface area contributed by atoms with Gasteiger partial charge in [0, 0.05) is 16.0 Å². The Morgan fingerprint density at radius 1 is 1.24 bits per heavy atom. The van der Waals surface area contributed by atoms with Gasteiger partial charge in [0.25, 0.3) is 0 Å². The highest BCUT2D eigenvalue weighted by molar-refractivity contribution is 8.00. The van der Waals surface area contributed by atoms with Gasteiger partial charge in [-0.3, -0.25) is 4.79 Å². The van der Waals surface area contributed by atoms with Crippen molar-refractivity contribution in [3.05, 3.63) is 46.6 Å². The first-order valence-corrected chi connectivity index (χ1v) is 10.00. The van der Waals surface area contributed by atoms with Gasteiger partial charge < -0.3 is 5.32 Å². The smallest absolute Gasteiger partial charge is 0.234 e. The van der Waals surface area contributed by atoms with Crippen molar-refractivity contribution in [2.24, 2.45) is 0 Å². The van der Waals surface area contributed by atoms with Crippen LogP contribution in [0.2, 0.25) is 0 Å². The standard InChI is InChI=1S/C19H21N3OS2/c1-11(2)14-7-5-6-8-15(14)22-16(23)9-24-18-17-12(3)13(4)25-19(17)21-10-20-18/h5-8,10-11H,9H2,1-4H3,(H,22,23). The summed E-state index contributed by atoms with van der Waals surface area (Å²) in [5.74, 6) is 0.670. The summed E-state index contributed by atoms with van der Waals surface area (Å²) in [7, 11) is 0. The molecule has 0 radical (unpaired) electrons. The average Bonchev–Trinajstić information content (AvgIpc) is 2.88. The number of hydrogen-bond acceptors (Lipinski definition) is 5. The summed E-state index contributed by atoms with van der Waals surface area (Å²) in [4.78, 5) is 23.4. The highest BCUT2D eigenvalue weighted by Crippen LogP contribution is 2.34. The van der Waals surface area contributed by atoms with Gasteiger partial charge in [0.15, 0.2) is 0 Å². The highest BCUT2D eigenvalue weighted by Gasteiger charge is 2.14. The molecule has 0 saturated heterocycles. The molecule has 130 valence electrons. The second kappa shape index (κ2) is 7.54. The fourth-order valence-electron chi connectivity index (χ4n) is 2.69. The van der Waals surface area contributed by atoms with Crippen molar-refractivity contribution in [2.45, 2.75) is 38.6 Å². The van der Waals surface area contributed by atoms with Crippen LogP contribution in [0.4, 0.5) is 5.69 Å². The van der Waals surface area contributed by atoms with Crippen LogP contribution in [-0.4, -0.2) is 21.6 Å². The molecule has 0 fully saturated rings. The van der Waals surface area contributed by atoms with Gasteiger partial charge >= 0.3 is 0 Å². The minimum Gasteiger partial charge on any atom is -0.325 e. The number of amides is 1. The quantitative estimate of drug-likeness (QED) is 0.497. The Hall–Kier alpha value is -1.92. The number of nitrogens with zero attached hydrogens (tertiary/aromatic N) is 2. The van der Waals surface area contributed by atoms with Crippen LogP contribution in [0.25, 0.3) is 10.2 Å². The summed E-state index contributed by atoms with van der Waals surface area (Å²) in [5, 5.41) is 4.98. The predicted molar refractivity (Wildman–Crippen MR) is 107 cm³/mol. The zero-order valence-corrected chi connectivity index (χ0v) is 16.4. The molecule has 0 unspecified atom stereocenters. The summed E-state index contributed by atoms with van der Waals surface area (Å²) in [6.07, 6.45) is 1.58. The molecule has 1 N–H and O–H groups in total. The summed E-state index contributed by atoms with van der Waals surface area (Å²) in [6, 6.07) is 7.95. The Labute approximate surface area is 156 Å². The lowest BCUT2D eigenvalue weighted by molar-refractivity contribution is -0.113. The highest BCUT2D eigenvalue weighted by atomic mass is 32.2. The Balaban J connectivity index is 1.74. The van der Waals surface area contributed by atoms with Crippen molar-refractivity contribution in [1.29, 1.82) is 0 Å². The molecule has 1 aromatic carbocycles. The van der Waals surface area contributed by atoms with Gasteiger partial charge in [-0.2, -0.15) is 0 Å². The first-order chi connectivity index (χ1) is 12.0. The van der Waals surface area contributed by atoms with Crippen molar-refractivity contribution >= 4 is 44.9 Å². The molecule has 0 spiro atoms. The van der Waals surface area contributed by atoms with E-state index in [1.54, 1.807) is 17.7 Å². The van der Waals surface area contributed by atoms with E-state index in [4.69, 9.17) is 0 Å². The van der Waals surface area contributed by atoms with Crippen LogP contribution >= 0.6 is 23.1 Å². The van der Waals surface area contributed by atoms with Gasteiger partial charge in [-0.05, 0) is 37.0 Å². The largest absolute Gasteiger partial charge is 0.325 e. The van der Waals surface area contributed by atoms with Gasteiger partial charge in [0.05, 0.1) is 5.75 Å². The van der Waals surface area contributed by atoms with E-state index in [9.17, 15) is 4.79 Å². The van der Waals surface area contributed by atoms with Crippen LogP contribution in [0, 0.1) is 13.8 Å². The molecule has 2 heterocycles. The van der Waals surface area contributed by atoms with Gasteiger partial charge in [0.1, 0.15) is 16.2 Å². The molecule has 1 amide bonds. The van der Waals surface area contributed by atoms with E-state index >= 15 is 0 Å². The van der Waals surface area contributed by atoms with Crippen molar-refractivity contribution in [1.82, 2.24) is 9.97 Å². The maximum Gasteiger partial charge on any atom is 0.234 e. The maximum absolute atomic E-state index is 12.4. The molecule has 2 aromatic heterocycles. The van der Waals surface area contributed by atoms with Crippen LogP contribution < -0.4 is 5.32 Å². The SMILES string of the molecule is Cc1sc2ncnc(SCC(=O)Nc3ccccc3C(C)C)c2c1C. The number of aromatic nitrogens is 2. The first kappa shape index (κ1) is 17.9. The number of fused-ring (bicyclic) bond motifs is 1. The maximum atomic E-state index is 12.4. The Kier molecular flexibility index (Phi) is 5.39. The second-order valence-electron chi connectivity index (χ2n) is 6.22. The molecule has 0 aliphatic carbocycles. The molecule has 25 heavy (non-hydrogen) atoms. The number of aryl methyl sites for hydroxylation is 2. The third-order valence-electron chi connectivity index (χ3n) is 4.13. The van der Waals surface area contributed by atoms with E-state index in [0.29, 0.717) is 11.7 Å². The molecule has 6 heteroatoms. The van der Waals surface area contributed by atoms with Crippen molar-refractivity contribution in [3.8, 4) is 0 Å². The lowest BCUT2D eigenvalue weighted by Gasteiger charge is -2.13. The van der Waals surface area contributed by atoms with E-state index in [1.807, 2.05) is 18.2 Å². The number of carbonyl (C=O) groups is 1. The van der Waals surface area contributed by atoms with Crippen molar-refractivity contribution in [3.63, 3.8) is 0 Å². The molecular formula is C19H21N3OS2. The van der Waals surface area contributed by atoms with Gasteiger partial charge in [-0.1, -0.05) is 43.8 Å². The number of rotatable bonds is 5. The third kappa shape index (κ3) is 3.85. The first-order valence-electron chi connectivity index (χ1n) is 8.19. The monoisotopic (exact) mass is 371 g/mol. The van der Waals surface area contributed by atoms with Crippen LogP contribution in [0.15, 0.2) is 35.6 Å². The zero-order chi connectivity index (χ0) is 18.0. The lowest BCUT2D eigenvalue weighted by Crippen LogP contribution is -2.15. The second-order valence-corrected chi connectivity index (χ2v) is 8.39. The summed E-state index contributed by atoms with van der Waals surface area (Å²) in [6.45, 7) is 8.42. The van der Waals surface area contributed by atoms with Gasteiger partial charge in [0.2, 0.25) is 5.91 Å². The van der Waals surface area contributed by atoms with Gasteiger partial charge in [-0.15, -0.1) is 11.3 Å². The molecule has 0 atom stereocenters. The number of hydrogen-bond donors (Lipinski definition) is 1. The Morgan fingerprint density at radius 2 is 2.00 bits per heavy atom. The van der Waals surface area contributed by atoms with Crippen molar-refractivity contribution in [2.75, 3.05) is 11.1 Å². The molecule has 4 nitrogen and oxygen atoms in total. The van der Waals surface area contributed by atoms with Gasteiger partial charge in [-0.25, -0.2) is 9.97 Å². The molecule has 0 saturated carbocycles. The topological polar surface area (TPSA) is 54.9 Å². The number of benzene rings is 1. The number of nitrogens with one attached hydrogen (secondary N) is 1. The van der Waals surface area contributed by atoms with E-state index in [-0.39, 0.29) is 5.91 Å². The summed E-state index contributed by atoms with van der Waals surface area (Å²) in [5.41, 5.74) is 3.24. The average molecular weight is 372 g/mol. The van der Waals surface area contributed by atoms with E-state index in [0.717, 1.165) is 26.5 Å². The predicted octanol–water partition coefficient (Wildman–Crippen LogP) is 5.16. The van der Waals surface area contributed by atoms with Crippen LogP contribution in [0.1, 0.15) is 35.8 Å². The van der Waals surface area contributed by atoms with E-state index in [1.165, 1.54) is 22.2 Å². The number of anilines is 1. The molecule has 0 aliphatic heterocycles. The minimum atomic E-state index is -0.0190. The number of thioether (sulfide) groups is 1. The Morgan fingerprint density at radius 3 is 2.76 bits per heavy atom. The molecule has 3 rings (SSSR count). The minimum absolute atomic E-state index is 0.0190. The Bertz CT molecular complexity index is 918. The number of para-hydroxylation sites is 1. The normalized spacial score (nSPS) is 11.2. The third-order valence-corrected chi connectivity index (χ3v) is 6.23. The van der Waals surface area contributed by atoms with E-state index in [2.05, 4.69) is 49.0 Å². The van der Waals surface area contributed by atoms with E-state index < -0.39 is 0 Å². The zero-order valence-electron chi connectivity index (χ0n) is 14.8. The molecule has 3 aromatic rings. The molecular weight excluding hydrogens is 350 g/mol. The molecule has 0 bridgehead atoms. The van der Waals surface area contributed by atoms with Crippen molar-refractivity contribution < 1.29 is 4.79 Å².